The van der Waals surface area contributed by atoms with E-state index in [4.69, 9.17) is 0 Å². The van der Waals surface area contributed by atoms with E-state index in [1.54, 1.807) is 0 Å². The summed E-state index contributed by atoms with van der Waals surface area (Å²) in [5.41, 5.74) is 1.61. The van der Waals surface area contributed by atoms with E-state index >= 15 is 0 Å². The van der Waals surface area contributed by atoms with E-state index < -0.39 is 0 Å². The monoisotopic (exact) mass is 312 g/mol. The molecule has 3 aliphatic heterocycles. The van der Waals surface area contributed by atoms with Crippen molar-refractivity contribution in [2.75, 3.05) is 46.3 Å². The molecule has 3 fully saturated rings. The van der Waals surface area contributed by atoms with Gasteiger partial charge in [0, 0.05) is 45.7 Å². The van der Waals surface area contributed by atoms with Gasteiger partial charge in [-0.25, -0.2) is 0 Å². The second kappa shape index (κ2) is 6.41. The van der Waals surface area contributed by atoms with E-state index in [1.807, 2.05) is 0 Å². The number of hydrogen-bond acceptors (Lipinski definition) is 4. The zero-order valence-corrected chi connectivity index (χ0v) is 15.4. The van der Waals surface area contributed by atoms with Gasteiger partial charge in [0.1, 0.15) is 0 Å². The Bertz CT molecular complexity index is 354. The molecular formula is C16H33N4P. The van der Waals surface area contributed by atoms with Crippen LogP contribution in [0.5, 0.6) is 0 Å². The normalized spacial score (nSPS) is 33.1. The van der Waals surface area contributed by atoms with Crippen LogP contribution in [0, 0.1) is 0 Å². The highest BCUT2D eigenvalue weighted by Gasteiger charge is 2.44. The third kappa shape index (κ3) is 3.03. The summed E-state index contributed by atoms with van der Waals surface area (Å²) in [7, 11) is 2.30. The van der Waals surface area contributed by atoms with E-state index in [1.165, 1.54) is 45.7 Å². The molecule has 0 bridgehead atoms. The van der Waals surface area contributed by atoms with Crippen LogP contribution in [0.2, 0.25) is 0 Å². The molecule has 0 aromatic carbocycles. The lowest BCUT2D eigenvalue weighted by Gasteiger charge is -2.40. The predicted octanol–water partition coefficient (Wildman–Crippen LogP) is 2.12. The third-order valence-corrected chi connectivity index (χ3v) is 8.68. The Morgan fingerprint density at radius 3 is 1.90 bits per heavy atom. The molecule has 2 unspecified atom stereocenters. The molecule has 3 heterocycles. The average molecular weight is 312 g/mol. The van der Waals surface area contributed by atoms with Gasteiger partial charge in [-0.2, -0.15) is 0 Å². The molecule has 0 spiro atoms. The van der Waals surface area contributed by atoms with Gasteiger partial charge in [-0.05, 0) is 26.4 Å². The van der Waals surface area contributed by atoms with Gasteiger partial charge in [0.2, 0.25) is 0 Å². The summed E-state index contributed by atoms with van der Waals surface area (Å²) in [5, 5.41) is 0. The van der Waals surface area contributed by atoms with Crippen molar-refractivity contribution in [2.24, 2.45) is 0 Å². The van der Waals surface area contributed by atoms with Gasteiger partial charge < -0.3 is 0 Å². The van der Waals surface area contributed by atoms with Gasteiger partial charge in [-0.1, -0.05) is 27.7 Å². The van der Waals surface area contributed by atoms with Crippen LogP contribution >= 0.6 is 8.07 Å². The van der Waals surface area contributed by atoms with Crippen LogP contribution in [-0.4, -0.2) is 89.3 Å². The summed E-state index contributed by atoms with van der Waals surface area (Å²) in [6.07, 6.45) is 2.68. The summed E-state index contributed by atoms with van der Waals surface area (Å²) >= 11 is 0. The zero-order chi connectivity index (χ0) is 15.1. The van der Waals surface area contributed by atoms with Gasteiger partial charge in [-0.3, -0.25) is 19.4 Å². The van der Waals surface area contributed by atoms with Crippen molar-refractivity contribution in [3.05, 3.63) is 0 Å². The van der Waals surface area contributed by atoms with Gasteiger partial charge >= 0.3 is 0 Å². The van der Waals surface area contributed by atoms with Gasteiger partial charge in [0.05, 0.1) is 12.3 Å². The van der Waals surface area contributed by atoms with Crippen LogP contribution in [0.1, 0.15) is 34.1 Å². The van der Waals surface area contributed by atoms with Crippen molar-refractivity contribution in [1.82, 2.24) is 19.4 Å². The van der Waals surface area contributed by atoms with Gasteiger partial charge in [0.25, 0.3) is 0 Å². The summed E-state index contributed by atoms with van der Waals surface area (Å²) in [6.45, 7) is 17.4. The standard InChI is InChI=1S/C16H33N4P/c1-13(2)21(14(3)4)20-11-10-19-9-8-18-7-6-17(5)15(18)12-16(19)20/h13-16H,6-12H2,1-5H3. The molecule has 0 amide bonds. The molecule has 0 radical (unpaired) electrons. The van der Waals surface area contributed by atoms with Crippen molar-refractivity contribution in [3.63, 3.8) is 0 Å². The van der Waals surface area contributed by atoms with Gasteiger partial charge in [-0.15, -0.1) is 0 Å². The molecule has 3 rings (SSSR count). The molecule has 5 heteroatoms. The molecule has 0 aromatic rings. The molecular weight excluding hydrogens is 279 g/mol. The van der Waals surface area contributed by atoms with Crippen LogP contribution in [0.3, 0.4) is 0 Å². The fourth-order valence-corrected chi connectivity index (χ4v) is 7.85. The third-order valence-electron chi connectivity index (χ3n) is 5.50. The summed E-state index contributed by atoms with van der Waals surface area (Å²) in [5.74, 6) is 0. The highest BCUT2D eigenvalue weighted by molar-refractivity contribution is 7.56. The minimum absolute atomic E-state index is 0.0128. The Labute approximate surface area is 132 Å². The first-order chi connectivity index (χ1) is 9.99. The van der Waals surface area contributed by atoms with Crippen molar-refractivity contribution in [1.29, 1.82) is 0 Å². The first-order valence-electron chi connectivity index (χ1n) is 8.72. The van der Waals surface area contributed by atoms with Crippen molar-refractivity contribution < 1.29 is 0 Å². The van der Waals surface area contributed by atoms with E-state index in [-0.39, 0.29) is 8.07 Å². The van der Waals surface area contributed by atoms with Crippen LogP contribution in [-0.2, 0) is 0 Å². The Morgan fingerprint density at radius 1 is 0.762 bits per heavy atom. The maximum absolute atomic E-state index is 2.90. The van der Waals surface area contributed by atoms with Crippen LogP contribution in [0.4, 0.5) is 0 Å². The van der Waals surface area contributed by atoms with E-state index in [2.05, 4.69) is 54.1 Å². The van der Waals surface area contributed by atoms with Crippen molar-refractivity contribution >= 4 is 8.07 Å². The largest absolute Gasteiger partial charge is 0.290 e. The minimum Gasteiger partial charge on any atom is -0.290 e. The first kappa shape index (κ1) is 16.1. The maximum atomic E-state index is 2.90. The summed E-state index contributed by atoms with van der Waals surface area (Å²) < 4.78 is 2.90. The second-order valence-corrected chi connectivity index (χ2v) is 10.8. The molecule has 122 valence electrons. The average Bonchev–Trinajstić information content (AvgIpc) is 2.89. The number of nitrogens with zero attached hydrogens (tertiary/aromatic N) is 4. The summed E-state index contributed by atoms with van der Waals surface area (Å²) in [6, 6.07) is 0. The smallest absolute Gasteiger partial charge is 0.0686 e. The molecule has 2 atom stereocenters. The topological polar surface area (TPSA) is 13.0 Å². The molecule has 0 N–H and O–H groups in total. The summed E-state index contributed by atoms with van der Waals surface area (Å²) in [4.78, 5) is 8.06. The highest BCUT2D eigenvalue weighted by atomic mass is 31.1. The molecule has 3 aliphatic rings. The Hall–Kier alpha value is 0.270. The van der Waals surface area contributed by atoms with E-state index in [0.29, 0.717) is 12.3 Å². The van der Waals surface area contributed by atoms with Gasteiger partial charge in [0.15, 0.2) is 0 Å². The van der Waals surface area contributed by atoms with Crippen LogP contribution in [0.25, 0.3) is 0 Å². The first-order valence-corrected chi connectivity index (χ1v) is 10.2. The SMILES string of the molecule is CC(C)P(C(C)C)N1CCN2CCN3CCN(C)C3CC21. The fraction of sp³-hybridized carbons (Fsp3) is 1.00. The van der Waals surface area contributed by atoms with Crippen molar-refractivity contribution in [2.45, 2.75) is 57.8 Å². The fourth-order valence-electron chi connectivity index (χ4n) is 4.61. The zero-order valence-electron chi connectivity index (χ0n) is 14.5. The quantitative estimate of drug-likeness (QED) is 0.740. The molecule has 21 heavy (non-hydrogen) atoms. The molecule has 0 aliphatic carbocycles. The van der Waals surface area contributed by atoms with Crippen LogP contribution in [0.15, 0.2) is 0 Å². The Kier molecular flexibility index (Phi) is 4.93. The van der Waals surface area contributed by atoms with Crippen molar-refractivity contribution in [3.8, 4) is 0 Å². The second-order valence-electron chi connectivity index (χ2n) is 7.48. The van der Waals surface area contributed by atoms with E-state index in [9.17, 15) is 0 Å². The highest BCUT2D eigenvalue weighted by Crippen LogP contribution is 2.53. The Balaban J connectivity index is 1.78. The maximum Gasteiger partial charge on any atom is 0.0686 e. The minimum atomic E-state index is -0.0128. The predicted molar refractivity (Wildman–Crippen MR) is 91.9 cm³/mol. The lowest BCUT2D eigenvalue weighted by atomic mass is 10.2. The molecule has 3 saturated heterocycles. The Morgan fingerprint density at radius 2 is 1.29 bits per heavy atom. The molecule has 4 nitrogen and oxygen atoms in total. The van der Waals surface area contributed by atoms with E-state index in [0.717, 1.165) is 11.3 Å². The lowest BCUT2D eigenvalue weighted by molar-refractivity contribution is 0.134. The number of fused-ring (bicyclic) bond motifs is 2. The van der Waals surface area contributed by atoms with Crippen LogP contribution < -0.4 is 0 Å². The lowest BCUT2D eigenvalue weighted by Crippen LogP contribution is -2.42. The molecule has 0 saturated carbocycles. The number of likely N-dealkylation sites (N-methyl/N-ethyl adjacent to an activating group) is 1. The number of rotatable bonds is 3. The number of hydrogen-bond donors (Lipinski definition) is 0. The molecule has 0 aromatic heterocycles.